The van der Waals surface area contributed by atoms with Gasteiger partial charge in [0.05, 0.1) is 5.69 Å². The van der Waals surface area contributed by atoms with Gasteiger partial charge in [-0.25, -0.2) is 4.98 Å². The van der Waals surface area contributed by atoms with Gasteiger partial charge in [-0.1, -0.05) is 78.9 Å². The smallest absolute Gasteiger partial charge is 0.222 e. The van der Waals surface area contributed by atoms with Crippen LogP contribution in [0, 0.1) is 6.92 Å². The molecule has 0 fully saturated rings. The van der Waals surface area contributed by atoms with Gasteiger partial charge < -0.3 is 11.5 Å². The molecule has 4 nitrogen and oxygen atoms in total. The van der Waals surface area contributed by atoms with E-state index >= 15 is 0 Å². The number of aromatic nitrogens is 2. The van der Waals surface area contributed by atoms with Crippen LogP contribution in [-0.2, 0) is 0 Å². The van der Waals surface area contributed by atoms with Gasteiger partial charge in [-0.05, 0) is 23.6 Å². The molecule has 0 bridgehead atoms. The van der Waals surface area contributed by atoms with Crippen molar-refractivity contribution in [3.8, 4) is 11.1 Å². The Bertz CT molecular complexity index is 887. The number of anilines is 2. The quantitative estimate of drug-likeness (QED) is 0.698. The fraction of sp³-hybridized carbons (Fsp3) is 0.0476. The van der Waals surface area contributed by atoms with Crippen molar-refractivity contribution >= 4 is 23.9 Å². The van der Waals surface area contributed by atoms with Gasteiger partial charge in [-0.15, -0.1) is 0 Å². The van der Waals surface area contributed by atoms with Crippen LogP contribution in [0.3, 0.4) is 0 Å². The summed E-state index contributed by atoms with van der Waals surface area (Å²) in [4.78, 5) is 8.23. The zero-order chi connectivity index (χ0) is 17.6. The van der Waals surface area contributed by atoms with E-state index in [1.807, 2.05) is 61.5 Å². The molecule has 3 rings (SSSR count). The van der Waals surface area contributed by atoms with E-state index < -0.39 is 0 Å². The van der Waals surface area contributed by atoms with Crippen LogP contribution in [0.5, 0.6) is 0 Å². The number of nitrogens with zero attached hydrogens (tertiary/aromatic N) is 2. The van der Waals surface area contributed by atoms with Crippen LogP contribution in [0.15, 0.2) is 66.7 Å². The van der Waals surface area contributed by atoms with Crippen molar-refractivity contribution in [2.24, 2.45) is 0 Å². The summed E-state index contributed by atoms with van der Waals surface area (Å²) in [6.45, 7) is 1.88. The van der Waals surface area contributed by atoms with Crippen LogP contribution in [-0.4, -0.2) is 9.97 Å². The fourth-order valence-electron chi connectivity index (χ4n) is 2.63. The number of aryl methyl sites for hydroxylation is 1. The first kappa shape index (κ1) is 16.5. The molecular weight excluding hydrogens is 308 g/mol. The third kappa shape index (κ3) is 4.12. The second-order valence-electron chi connectivity index (χ2n) is 5.68. The number of hydrogen-bond donors (Lipinski definition) is 2. The summed E-state index contributed by atoms with van der Waals surface area (Å²) in [5.74, 6) is 0.600. The Balaban J connectivity index is 1.75. The van der Waals surface area contributed by atoms with Crippen molar-refractivity contribution in [1.82, 2.24) is 9.97 Å². The van der Waals surface area contributed by atoms with E-state index in [2.05, 4.69) is 34.3 Å². The number of rotatable bonds is 4. The van der Waals surface area contributed by atoms with Crippen LogP contribution >= 0.6 is 0 Å². The Hall–Kier alpha value is -3.40. The fourth-order valence-corrected chi connectivity index (χ4v) is 2.63. The summed E-state index contributed by atoms with van der Waals surface area (Å²) in [5.41, 5.74) is 16.5. The summed E-state index contributed by atoms with van der Waals surface area (Å²) in [6.07, 6.45) is 8.17. The highest BCUT2D eigenvalue weighted by molar-refractivity contribution is 5.77. The van der Waals surface area contributed by atoms with Gasteiger partial charge in [0.25, 0.3) is 0 Å². The van der Waals surface area contributed by atoms with Crippen LogP contribution < -0.4 is 11.5 Å². The number of allylic oxidation sites excluding steroid dienone is 2. The van der Waals surface area contributed by atoms with E-state index in [0.717, 1.165) is 22.4 Å². The molecule has 0 aliphatic rings. The summed E-state index contributed by atoms with van der Waals surface area (Å²) >= 11 is 0. The van der Waals surface area contributed by atoms with Gasteiger partial charge in [0, 0.05) is 5.56 Å². The van der Waals surface area contributed by atoms with E-state index in [1.165, 1.54) is 5.56 Å². The molecule has 0 atom stereocenters. The van der Waals surface area contributed by atoms with E-state index in [0.29, 0.717) is 5.82 Å². The molecule has 124 valence electrons. The van der Waals surface area contributed by atoms with Crippen LogP contribution in [0.1, 0.15) is 16.8 Å². The molecule has 0 spiro atoms. The highest BCUT2D eigenvalue weighted by atomic mass is 15.0. The van der Waals surface area contributed by atoms with Crippen molar-refractivity contribution < 1.29 is 0 Å². The largest absolute Gasteiger partial charge is 0.383 e. The maximum Gasteiger partial charge on any atom is 0.222 e. The maximum atomic E-state index is 5.99. The van der Waals surface area contributed by atoms with Gasteiger partial charge in [-0.3, -0.25) is 0 Å². The van der Waals surface area contributed by atoms with Crippen molar-refractivity contribution in [1.29, 1.82) is 0 Å². The molecule has 0 unspecified atom stereocenters. The lowest BCUT2D eigenvalue weighted by Gasteiger charge is -2.09. The molecule has 0 aliphatic carbocycles. The van der Waals surface area contributed by atoms with E-state index in [9.17, 15) is 0 Å². The molecule has 0 aliphatic heterocycles. The Morgan fingerprint density at radius 2 is 1.36 bits per heavy atom. The molecule has 4 heteroatoms. The zero-order valence-electron chi connectivity index (χ0n) is 14.1. The number of benzene rings is 2. The van der Waals surface area contributed by atoms with Gasteiger partial charge in [0.15, 0.2) is 0 Å². The third-order valence-electron chi connectivity index (χ3n) is 3.82. The summed E-state index contributed by atoms with van der Waals surface area (Å²) in [6, 6.07) is 18.3. The van der Waals surface area contributed by atoms with Gasteiger partial charge in [-0.2, -0.15) is 4.98 Å². The normalized spacial score (nSPS) is 11.4. The van der Waals surface area contributed by atoms with Crippen LogP contribution in [0.2, 0.25) is 0 Å². The van der Waals surface area contributed by atoms with Crippen molar-refractivity contribution in [2.75, 3.05) is 11.5 Å². The van der Waals surface area contributed by atoms with E-state index in [-0.39, 0.29) is 5.95 Å². The van der Waals surface area contributed by atoms with Gasteiger partial charge in [0.1, 0.15) is 5.82 Å². The summed E-state index contributed by atoms with van der Waals surface area (Å²) < 4.78 is 0. The monoisotopic (exact) mass is 328 g/mol. The zero-order valence-corrected chi connectivity index (χ0v) is 14.1. The third-order valence-corrected chi connectivity index (χ3v) is 3.82. The standard InChI is InChI=1S/C21H20N4/c1-15-19(20(22)25-21(23)24-15)18-13-11-17(12-14-18)10-6-5-9-16-7-3-2-4-8-16/h2-14H,1H3,(H4,22,23,24,25). The Morgan fingerprint density at radius 1 is 0.760 bits per heavy atom. The Labute approximate surface area is 147 Å². The van der Waals surface area contributed by atoms with Gasteiger partial charge >= 0.3 is 0 Å². The van der Waals surface area contributed by atoms with E-state index in [4.69, 9.17) is 11.5 Å². The molecule has 0 saturated heterocycles. The highest BCUT2D eigenvalue weighted by Gasteiger charge is 2.09. The molecule has 0 saturated carbocycles. The number of nitrogen functional groups attached to an aromatic ring is 2. The second-order valence-corrected chi connectivity index (χ2v) is 5.68. The topological polar surface area (TPSA) is 77.8 Å². The lowest BCUT2D eigenvalue weighted by Crippen LogP contribution is -2.04. The molecule has 3 aromatic rings. The Morgan fingerprint density at radius 3 is 1.96 bits per heavy atom. The SMILES string of the molecule is Cc1nc(N)nc(N)c1-c1ccc(C=CC=Cc2ccccc2)cc1. The highest BCUT2D eigenvalue weighted by Crippen LogP contribution is 2.28. The average molecular weight is 328 g/mol. The minimum Gasteiger partial charge on any atom is -0.383 e. The lowest BCUT2D eigenvalue weighted by atomic mass is 10.0. The minimum absolute atomic E-state index is 0.198. The van der Waals surface area contributed by atoms with Crippen LogP contribution in [0.4, 0.5) is 11.8 Å². The summed E-state index contributed by atoms with van der Waals surface area (Å²) in [7, 11) is 0. The number of hydrogen-bond acceptors (Lipinski definition) is 4. The average Bonchev–Trinajstić information content (AvgIpc) is 2.60. The molecular formula is C21H20N4. The molecule has 1 heterocycles. The van der Waals surface area contributed by atoms with E-state index in [1.54, 1.807) is 0 Å². The van der Waals surface area contributed by atoms with Crippen molar-refractivity contribution in [3.63, 3.8) is 0 Å². The maximum absolute atomic E-state index is 5.99. The first-order chi connectivity index (χ1) is 12.1. The van der Waals surface area contributed by atoms with Crippen LogP contribution in [0.25, 0.3) is 23.3 Å². The van der Waals surface area contributed by atoms with Crippen molar-refractivity contribution in [3.05, 3.63) is 83.6 Å². The Kier molecular flexibility index (Phi) is 4.90. The number of nitrogens with two attached hydrogens (primary N) is 2. The van der Waals surface area contributed by atoms with Gasteiger partial charge in [0.2, 0.25) is 5.95 Å². The molecule has 0 amide bonds. The minimum atomic E-state index is 0.198. The predicted octanol–water partition coefficient (Wildman–Crippen LogP) is 4.34. The first-order valence-corrected chi connectivity index (χ1v) is 8.03. The molecule has 25 heavy (non-hydrogen) atoms. The predicted molar refractivity (Wildman–Crippen MR) is 106 cm³/mol. The second kappa shape index (κ2) is 7.45. The summed E-state index contributed by atoms with van der Waals surface area (Å²) in [5, 5.41) is 0. The molecule has 0 radical (unpaired) electrons. The lowest BCUT2D eigenvalue weighted by molar-refractivity contribution is 1.13. The molecule has 4 N–H and O–H groups in total. The first-order valence-electron chi connectivity index (χ1n) is 8.03. The molecule has 1 aromatic heterocycles. The molecule has 2 aromatic carbocycles. The van der Waals surface area contributed by atoms with Crippen molar-refractivity contribution in [2.45, 2.75) is 6.92 Å².